The van der Waals surface area contributed by atoms with Crippen LogP contribution in [-0.2, 0) is 11.2 Å². The van der Waals surface area contributed by atoms with E-state index >= 15 is 0 Å². The molecule has 1 atom stereocenters. The van der Waals surface area contributed by atoms with Gasteiger partial charge in [0.05, 0.1) is 19.1 Å². The van der Waals surface area contributed by atoms with Crippen molar-refractivity contribution in [1.29, 1.82) is 0 Å². The second-order valence-corrected chi connectivity index (χ2v) is 3.77. The second kappa shape index (κ2) is 5.74. The van der Waals surface area contributed by atoms with Gasteiger partial charge in [0.2, 0.25) is 5.89 Å². The quantitative estimate of drug-likeness (QED) is 0.727. The van der Waals surface area contributed by atoms with Crippen LogP contribution in [0.3, 0.4) is 0 Å². The number of carbonyl (C=O) groups excluding carboxylic acids is 1. The van der Waals surface area contributed by atoms with Crippen LogP contribution in [0, 0.1) is 0 Å². The fraction of sp³-hybridized carbons (Fsp3) is 0.700. The zero-order chi connectivity index (χ0) is 12.1. The molecule has 2 N–H and O–H groups in total. The number of ether oxygens (including phenoxy) is 1. The van der Waals surface area contributed by atoms with E-state index in [1.807, 2.05) is 6.92 Å². The summed E-state index contributed by atoms with van der Waals surface area (Å²) in [7, 11) is 0. The molecule has 0 saturated carbocycles. The van der Waals surface area contributed by atoms with Gasteiger partial charge in [0.15, 0.2) is 0 Å². The van der Waals surface area contributed by atoms with Gasteiger partial charge in [-0.1, -0.05) is 5.16 Å². The van der Waals surface area contributed by atoms with Crippen LogP contribution >= 0.6 is 0 Å². The molecule has 94 valence electrons. The molecule has 1 saturated heterocycles. The van der Waals surface area contributed by atoms with E-state index in [1.165, 1.54) is 0 Å². The Morgan fingerprint density at radius 2 is 2.53 bits per heavy atom. The summed E-state index contributed by atoms with van der Waals surface area (Å²) in [6.45, 7) is 4.68. The van der Waals surface area contributed by atoms with Crippen molar-refractivity contribution >= 4 is 5.91 Å². The topological polar surface area (TPSA) is 89.3 Å². The first-order valence-electron chi connectivity index (χ1n) is 5.72. The van der Waals surface area contributed by atoms with Gasteiger partial charge in [-0.05, 0) is 6.92 Å². The highest BCUT2D eigenvalue weighted by atomic mass is 16.5. The van der Waals surface area contributed by atoms with Crippen LogP contribution in [0.2, 0.25) is 0 Å². The Balaban J connectivity index is 1.91. The molecular weight excluding hydrogens is 224 g/mol. The largest absolute Gasteiger partial charge is 0.375 e. The molecule has 1 aliphatic heterocycles. The molecule has 1 aromatic heterocycles. The molecule has 1 amide bonds. The van der Waals surface area contributed by atoms with E-state index < -0.39 is 0 Å². The van der Waals surface area contributed by atoms with Crippen LogP contribution in [0.15, 0.2) is 4.52 Å². The van der Waals surface area contributed by atoms with Gasteiger partial charge in [-0.25, -0.2) is 0 Å². The maximum Gasteiger partial charge on any atom is 0.292 e. The van der Waals surface area contributed by atoms with Crippen LogP contribution < -0.4 is 10.6 Å². The molecule has 7 nitrogen and oxygen atoms in total. The van der Waals surface area contributed by atoms with Crippen molar-refractivity contribution in [1.82, 2.24) is 20.8 Å². The van der Waals surface area contributed by atoms with E-state index in [-0.39, 0.29) is 17.8 Å². The highest BCUT2D eigenvalue weighted by Gasteiger charge is 2.19. The van der Waals surface area contributed by atoms with Crippen LogP contribution in [0.4, 0.5) is 0 Å². The highest BCUT2D eigenvalue weighted by molar-refractivity contribution is 5.90. The summed E-state index contributed by atoms with van der Waals surface area (Å²) >= 11 is 0. The van der Waals surface area contributed by atoms with Gasteiger partial charge in [-0.15, -0.1) is 0 Å². The lowest BCUT2D eigenvalue weighted by Gasteiger charge is -2.21. The number of amides is 1. The summed E-state index contributed by atoms with van der Waals surface area (Å²) in [4.78, 5) is 15.4. The normalized spacial score (nSPS) is 20.2. The minimum absolute atomic E-state index is 0.0336. The summed E-state index contributed by atoms with van der Waals surface area (Å²) in [6.07, 6.45) is 0.561. The third-order valence-electron chi connectivity index (χ3n) is 2.42. The molecule has 2 heterocycles. The lowest BCUT2D eigenvalue weighted by Crippen LogP contribution is -2.39. The molecule has 0 aromatic carbocycles. The zero-order valence-corrected chi connectivity index (χ0v) is 9.73. The van der Waals surface area contributed by atoms with E-state index in [4.69, 9.17) is 9.26 Å². The van der Waals surface area contributed by atoms with Gasteiger partial charge in [0.25, 0.3) is 11.7 Å². The number of carbonyl (C=O) groups is 1. The van der Waals surface area contributed by atoms with Crippen LogP contribution in [-0.4, -0.2) is 48.4 Å². The van der Waals surface area contributed by atoms with Gasteiger partial charge in [0, 0.05) is 19.6 Å². The minimum atomic E-state index is -0.315. The third kappa shape index (κ3) is 3.24. The number of morpholine rings is 1. The van der Waals surface area contributed by atoms with Crippen LogP contribution in [0.1, 0.15) is 23.4 Å². The fourth-order valence-corrected chi connectivity index (χ4v) is 1.62. The van der Waals surface area contributed by atoms with Crippen molar-refractivity contribution in [3.63, 3.8) is 0 Å². The van der Waals surface area contributed by atoms with E-state index in [9.17, 15) is 4.79 Å². The first-order chi connectivity index (χ1) is 8.29. The summed E-state index contributed by atoms with van der Waals surface area (Å²) in [5.74, 6) is 0.191. The van der Waals surface area contributed by atoms with Crippen molar-refractivity contribution in [2.45, 2.75) is 19.4 Å². The van der Waals surface area contributed by atoms with Gasteiger partial charge in [-0.3, -0.25) is 4.79 Å². The summed E-state index contributed by atoms with van der Waals surface area (Å²) < 4.78 is 10.5. The number of hydrogen-bond acceptors (Lipinski definition) is 6. The molecule has 0 spiro atoms. The Morgan fingerprint density at radius 1 is 1.65 bits per heavy atom. The smallest absolute Gasteiger partial charge is 0.292 e. The van der Waals surface area contributed by atoms with Crippen molar-refractivity contribution in [3.05, 3.63) is 11.7 Å². The Hall–Kier alpha value is -1.47. The predicted octanol–water partition coefficient (Wildman–Crippen LogP) is -0.650. The lowest BCUT2D eigenvalue weighted by atomic mass is 10.2. The minimum Gasteiger partial charge on any atom is -0.375 e. The molecule has 1 fully saturated rings. The molecule has 0 bridgehead atoms. The average molecular weight is 240 g/mol. The standard InChI is InChI=1S/C10H16N4O3/c1-2-12-10(15)9-13-8(17-14-9)5-7-6-11-3-4-16-7/h7,11H,2-6H2,1H3,(H,12,15). The molecule has 1 aromatic rings. The maximum absolute atomic E-state index is 11.4. The number of nitrogens with zero attached hydrogens (tertiary/aromatic N) is 2. The second-order valence-electron chi connectivity index (χ2n) is 3.77. The molecule has 7 heteroatoms. The molecule has 1 aliphatic rings. The predicted molar refractivity (Wildman–Crippen MR) is 58.6 cm³/mol. The van der Waals surface area contributed by atoms with E-state index in [2.05, 4.69) is 20.8 Å². The van der Waals surface area contributed by atoms with Crippen molar-refractivity contribution in [2.24, 2.45) is 0 Å². The molecule has 0 aliphatic carbocycles. The molecule has 17 heavy (non-hydrogen) atoms. The average Bonchev–Trinajstić information content (AvgIpc) is 2.79. The first-order valence-corrected chi connectivity index (χ1v) is 5.72. The summed E-state index contributed by atoms with van der Waals surface area (Å²) in [5, 5.41) is 9.45. The Bertz CT molecular complexity index is 373. The molecule has 2 rings (SSSR count). The number of rotatable bonds is 4. The molecule has 0 radical (unpaired) electrons. The monoisotopic (exact) mass is 240 g/mol. The van der Waals surface area contributed by atoms with Gasteiger partial charge in [-0.2, -0.15) is 4.98 Å². The Labute approximate surface area is 98.9 Å². The fourth-order valence-electron chi connectivity index (χ4n) is 1.62. The number of hydrogen-bond donors (Lipinski definition) is 2. The highest BCUT2D eigenvalue weighted by Crippen LogP contribution is 2.06. The first kappa shape index (κ1) is 12.0. The molecular formula is C10H16N4O3. The zero-order valence-electron chi connectivity index (χ0n) is 9.73. The van der Waals surface area contributed by atoms with Crippen molar-refractivity contribution in [3.8, 4) is 0 Å². The summed E-state index contributed by atoms with van der Waals surface area (Å²) in [5.41, 5.74) is 0. The number of aromatic nitrogens is 2. The van der Waals surface area contributed by atoms with Crippen molar-refractivity contribution in [2.75, 3.05) is 26.2 Å². The van der Waals surface area contributed by atoms with Gasteiger partial charge >= 0.3 is 0 Å². The van der Waals surface area contributed by atoms with E-state index in [0.717, 1.165) is 13.1 Å². The van der Waals surface area contributed by atoms with E-state index in [1.54, 1.807) is 0 Å². The maximum atomic E-state index is 11.4. The van der Waals surface area contributed by atoms with E-state index in [0.29, 0.717) is 25.5 Å². The SMILES string of the molecule is CCNC(=O)c1noc(CC2CNCCO2)n1. The third-order valence-corrected chi connectivity index (χ3v) is 2.42. The van der Waals surface area contributed by atoms with Gasteiger partial charge < -0.3 is 19.9 Å². The van der Waals surface area contributed by atoms with Crippen LogP contribution in [0.25, 0.3) is 0 Å². The lowest BCUT2D eigenvalue weighted by molar-refractivity contribution is 0.0246. The molecule has 1 unspecified atom stereocenters. The van der Waals surface area contributed by atoms with Gasteiger partial charge in [0.1, 0.15) is 0 Å². The summed E-state index contributed by atoms with van der Waals surface area (Å²) in [6, 6.07) is 0. The van der Waals surface area contributed by atoms with Crippen LogP contribution in [0.5, 0.6) is 0 Å². The Morgan fingerprint density at radius 3 is 3.24 bits per heavy atom. The van der Waals surface area contributed by atoms with Crippen molar-refractivity contribution < 1.29 is 14.1 Å². The Kier molecular flexibility index (Phi) is 4.05. The number of nitrogens with one attached hydrogen (secondary N) is 2.